The van der Waals surface area contributed by atoms with Crippen molar-refractivity contribution in [2.45, 2.75) is 0 Å². The van der Waals surface area contributed by atoms with E-state index in [0.29, 0.717) is 0 Å². The smallest absolute Gasteiger partial charge is 0.219 e. The van der Waals surface area contributed by atoms with Gasteiger partial charge in [-0.15, -0.1) is 0 Å². The Balaban J connectivity index is 2.21. The van der Waals surface area contributed by atoms with Gasteiger partial charge in [0.1, 0.15) is 0 Å². The number of hydrogen-bond donors (Lipinski definition) is 2. The van der Waals surface area contributed by atoms with Crippen molar-refractivity contribution in [3.8, 4) is 11.8 Å². The summed E-state index contributed by atoms with van der Waals surface area (Å²) in [4.78, 5) is 7.70. The molecule has 4 nitrogen and oxygen atoms in total. The normalized spacial score (nSPS) is 9.25. The number of benzene rings is 1. The van der Waals surface area contributed by atoms with E-state index in [1.54, 1.807) is 12.4 Å². The van der Waals surface area contributed by atoms with Crippen molar-refractivity contribution in [1.82, 2.24) is 9.97 Å². The highest BCUT2D eigenvalue weighted by Gasteiger charge is 1.90. The van der Waals surface area contributed by atoms with Crippen LogP contribution in [-0.4, -0.2) is 9.97 Å². The molecule has 0 bridgehead atoms. The summed E-state index contributed by atoms with van der Waals surface area (Å²) in [5, 5.41) is 0. The minimum atomic E-state index is 0.248. The van der Waals surface area contributed by atoms with E-state index in [4.69, 9.17) is 11.5 Å². The third kappa shape index (κ3) is 2.49. The average Bonchev–Trinajstić information content (AvgIpc) is 2.30. The Hall–Kier alpha value is -2.54. The van der Waals surface area contributed by atoms with E-state index in [1.807, 2.05) is 24.3 Å². The fourth-order valence-corrected chi connectivity index (χ4v) is 1.11. The van der Waals surface area contributed by atoms with Gasteiger partial charge in [-0.2, -0.15) is 0 Å². The van der Waals surface area contributed by atoms with Crippen molar-refractivity contribution in [2.75, 3.05) is 11.5 Å². The molecule has 4 heteroatoms. The van der Waals surface area contributed by atoms with Crippen LogP contribution in [0.1, 0.15) is 11.1 Å². The van der Waals surface area contributed by atoms with Crippen LogP contribution in [0.2, 0.25) is 0 Å². The van der Waals surface area contributed by atoms with Gasteiger partial charge in [0.2, 0.25) is 5.95 Å². The van der Waals surface area contributed by atoms with E-state index in [9.17, 15) is 0 Å². The second-order valence-corrected chi connectivity index (χ2v) is 3.20. The fraction of sp³-hybridized carbons (Fsp3) is 0. The summed E-state index contributed by atoms with van der Waals surface area (Å²) in [6, 6.07) is 7.34. The van der Waals surface area contributed by atoms with E-state index >= 15 is 0 Å². The molecular weight excluding hydrogens is 200 g/mol. The van der Waals surface area contributed by atoms with Gasteiger partial charge in [0.25, 0.3) is 0 Å². The molecule has 1 aromatic carbocycles. The van der Waals surface area contributed by atoms with Gasteiger partial charge in [-0.25, -0.2) is 9.97 Å². The Morgan fingerprint density at radius 2 is 1.38 bits per heavy atom. The van der Waals surface area contributed by atoms with E-state index in [0.717, 1.165) is 16.8 Å². The zero-order valence-electron chi connectivity index (χ0n) is 8.51. The summed E-state index contributed by atoms with van der Waals surface area (Å²) in [5.74, 6) is 6.17. The first-order valence-electron chi connectivity index (χ1n) is 4.69. The number of anilines is 2. The van der Waals surface area contributed by atoms with Crippen molar-refractivity contribution in [3.05, 3.63) is 47.8 Å². The summed E-state index contributed by atoms with van der Waals surface area (Å²) in [6.45, 7) is 0. The third-order valence-corrected chi connectivity index (χ3v) is 1.93. The van der Waals surface area contributed by atoms with Crippen LogP contribution in [0.25, 0.3) is 0 Å². The number of nitrogen functional groups attached to an aromatic ring is 2. The van der Waals surface area contributed by atoms with E-state index < -0.39 is 0 Å². The predicted octanol–water partition coefficient (Wildman–Crippen LogP) is 1.04. The fourth-order valence-electron chi connectivity index (χ4n) is 1.11. The number of nitrogens with two attached hydrogens (primary N) is 2. The highest BCUT2D eigenvalue weighted by Crippen LogP contribution is 2.04. The maximum Gasteiger partial charge on any atom is 0.219 e. The van der Waals surface area contributed by atoms with Crippen LogP contribution >= 0.6 is 0 Å². The molecule has 2 aromatic rings. The molecule has 2 rings (SSSR count). The molecule has 0 fully saturated rings. The summed E-state index contributed by atoms with van der Waals surface area (Å²) >= 11 is 0. The molecule has 0 atom stereocenters. The van der Waals surface area contributed by atoms with Crippen molar-refractivity contribution < 1.29 is 0 Å². The zero-order chi connectivity index (χ0) is 11.4. The Bertz CT molecular complexity index is 482. The van der Waals surface area contributed by atoms with Crippen molar-refractivity contribution in [3.63, 3.8) is 0 Å². The molecule has 0 aliphatic carbocycles. The van der Waals surface area contributed by atoms with Crippen molar-refractivity contribution in [1.29, 1.82) is 0 Å². The lowest BCUT2D eigenvalue weighted by Crippen LogP contribution is -1.93. The molecule has 0 amide bonds. The van der Waals surface area contributed by atoms with Crippen LogP contribution in [0.4, 0.5) is 11.6 Å². The molecule has 1 aromatic heterocycles. The molecule has 0 unspecified atom stereocenters. The van der Waals surface area contributed by atoms with Gasteiger partial charge in [0.05, 0.1) is 5.56 Å². The van der Waals surface area contributed by atoms with Gasteiger partial charge >= 0.3 is 0 Å². The zero-order valence-corrected chi connectivity index (χ0v) is 8.51. The molecule has 78 valence electrons. The molecule has 0 saturated carbocycles. The largest absolute Gasteiger partial charge is 0.399 e. The second kappa shape index (κ2) is 4.32. The Morgan fingerprint density at radius 1 is 0.812 bits per heavy atom. The first-order chi connectivity index (χ1) is 7.74. The second-order valence-electron chi connectivity index (χ2n) is 3.20. The number of aromatic nitrogens is 2. The van der Waals surface area contributed by atoms with Crippen LogP contribution in [0, 0.1) is 11.8 Å². The van der Waals surface area contributed by atoms with Gasteiger partial charge in [-0.05, 0) is 24.3 Å². The number of hydrogen-bond acceptors (Lipinski definition) is 4. The van der Waals surface area contributed by atoms with Gasteiger partial charge in [0, 0.05) is 23.6 Å². The Kier molecular flexibility index (Phi) is 2.70. The summed E-state index contributed by atoms with van der Waals surface area (Å²) in [6.07, 6.45) is 3.18. The SMILES string of the molecule is Nc1ccc(C#Cc2cnc(N)nc2)cc1. The van der Waals surface area contributed by atoms with Crippen LogP contribution in [-0.2, 0) is 0 Å². The van der Waals surface area contributed by atoms with Crippen molar-refractivity contribution >= 4 is 11.6 Å². The molecule has 0 spiro atoms. The van der Waals surface area contributed by atoms with Crippen LogP contribution in [0.15, 0.2) is 36.7 Å². The number of rotatable bonds is 0. The van der Waals surface area contributed by atoms with Gasteiger partial charge in [-0.1, -0.05) is 11.8 Å². The average molecular weight is 210 g/mol. The first-order valence-corrected chi connectivity index (χ1v) is 4.69. The molecule has 0 saturated heterocycles. The Morgan fingerprint density at radius 3 is 2.00 bits per heavy atom. The van der Waals surface area contributed by atoms with Gasteiger partial charge in [0.15, 0.2) is 0 Å². The molecule has 16 heavy (non-hydrogen) atoms. The minimum absolute atomic E-state index is 0.248. The van der Waals surface area contributed by atoms with Crippen LogP contribution in [0.3, 0.4) is 0 Å². The molecule has 0 aliphatic rings. The topological polar surface area (TPSA) is 77.8 Å². The van der Waals surface area contributed by atoms with Crippen LogP contribution in [0.5, 0.6) is 0 Å². The van der Waals surface area contributed by atoms with Crippen molar-refractivity contribution in [2.24, 2.45) is 0 Å². The highest BCUT2D eigenvalue weighted by atomic mass is 15.0. The number of nitrogens with zero attached hydrogens (tertiary/aromatic N) is 2. The summed E-state index contributed by atoms with van der Waals surface area (Å²) in [5.41, 5.74) is 13.3. The molecular formula is C12H10N4. The first kappa shape index (κ1) is 9.99. The molecule has 0 aliphatic heterocycles. The van der Waals surface area contributed by atoms with Gasteiger partial charge < -0.3 is 11.5 Å². The third-order valence-electron chi connectivity index (χ3n) is 1.93. The molecule has 4 N–H and O–H groups in total. The summed E-state index contributed by atoms with van der Waals surface area (Å²) in [7, 11) is 0. The Labute approximate surface area is 93.3 Å². The maximum atomic E-state index is 5.57. The predicted molar refractivity (Wildman–Crippen MR) is 63.3 cm³/mol. The quantitative estimate of drug-likeness (QED) is 0.503. The minimum Gasteiger partial charge on any atom is -0.399 e. The standard InChI is InChI=1S/C12H10N4/c13-11-5-3-9(4-6-11)1-2-10-7-15-12(14)16-8-10/h3-8H,13H2,(H2,14,15,16). The van der Waals surface area contributed by atoms with E-state index in [1.165, 1.54) is 0 Å². The molecule has 0 radical (unpaired) electrons. The molecule has 1 heterocycles. The monoisotopic (exact) mass is 210 g/mol. The van der Waals surface area contributed by atoms with E-state index in [-0.39, 0.29) is 5.95 Å². The lowest BCUT2D eigenvalue weighted by atomic mass is 10.2. The highest BCUT2D eigenvalue weighted by molar-refractivity contribution is 5.47. The maximum absolute atomic E-state index is 5.57. The lowest BCUT2D eigenvalue weighted by molar-refractivity contribution is 1.17. The lowest BCUT2D eigenvalue weighted by Gasteiger charge is -1.92. The van der Waals surface area contributed by atoms with Gasteiger partial charge in [-0.3, -0.25) is 0 Å². The van der Waals surface area contributed by atoms with E-state index in [2.05, 4.69) is 21.8 Å². The van der Waals surface area contributed by atoms with Crippen LogP contribution < -0.4 is 11.5 Å². The summed E-state index contributed by atoms with van der Waals surface area (Å²) < 4.78 is 0.